The van der Waals surface area contributed by atoms with Gasteiger partial charge in [0, 0.05) is 0 Å². The molecule has 0 aromatic carbocycles. The molecule has 8 aliphatic carbocycles. The SMILES string of the molecule is [CH2-]C.[CH2-]C1CC(CC)C2CCC(C(CC)[CH2][Al]([CH2]C)[CH2]C3CC(CC)C4CCC(C(CC)[CH2][Al]([CH2]C)[CH2]C5CC(CC)C6CCC(C(CC)[CH2][Al]([CH2]C)[CH2]C7CC(CC)C8CCC(C(CC)[CH2][Al]([CH2]C)[CH2]C)CC78)CC56)CC34)CC12.[Zn+2]. The van der Waals surface area contributed by atoms with Crippen LogP contribution in [0.4, 0.5) is 0 Å². The fraction of sp³-hybridized carbons (Fsp3) is 0.974. The molecular formula is C76H142Al4Zn. The summed E-state index contributed by atoms with van der Waals surface area (Å²) in [5, 5.41) is 19.8. The zero-order valence-electron chi connectivity index (χ0n) is 57.7. The molecule has 0 N–H and O–H groups in total. The van der Waals surface area contributed by atoms with Crippen LogP contribution in [0, 0.1) is 156 Å². The summed E-state index contributed by atoms with van der Waals surface area (Å²) in [6.07, 6.45) is 37.3. The van der Waals surface area contributed by atoms with Crippen molar-refractivity contribution in [3.05, 3.63) is 13.8 Å². The largest absolute Gasteiger partial charge is 2.00 e. The Bertz CT molecular complexity index is 1680. The first-order chi connectivity index (χ1) is 38.9. The summed E-state index contributed by atoms with van der Waals surface area (Å²) in [6, 6.07) is 0. The molecule has 460 valence electrons. The fourth-order valence-electron chi connectivity index (χ4n) is 24.6. The van der Waals surface area contributed by atoms with E-state index in [-0.39, 0.29) is 19.5 Å². The minimum absolute atomic E-state index is 0. The predicted molar refractivity (Wildman–Crippen MR) is 365 cm³/mol. The van der Waals surface area contributed by atoms with Gasteiger partial charge in [-0.2, -0.15) is 12.8 Å². The van der Waals surface area contributed by atoms with Crippen LogP contribution >= 0.6 is 0 Å². The van der Waals surface area contributed by atoms with E-state index in [1.807, 2.05) is 0 Å². The second kappa shape index (κ2) is 36.7. The van der Waals surface area contributed by atoms with Gasteiger partial charge in [0.2, 0.25) is 0 Å². The quantitative estimate of drug-likeness (QED) is 0.0479. The van der Waals surface area contributed by atoms with Gasteiger partial charge in [-0.1, -0.05) is 241 Å². The fourth-order valence-corrected chi connectivity index (χ4v) is 38.9. The maximum Gasteiger partial charge on any atom is 2.00 e. The van der Waals surface area contributed by atoms with Crippen LogP contribution in [0.25, 0.3) is 0 Å². The van der Waals surface area contributed by atoms with Gasteiger partial charge in [0.05, 0.1) is 0 Å². The smallest absolute Gasteiger partial charge is 0.346 e. The average Bonchev–Trinajstić information content (AvgIpc) is 4.27. The zero-order chi connectivity index (χ0) is 57.6. The van der Waals surface area contributed by atoms with Crippen LogP contribution in [-0.4, -0.2) is 56.6 Å². The Labute approximate surface area is 541 Å². The molecule has 81 heavy (non-hydrogen) atoms. The van der Waals surface area contributed by atoms with Crippen molar-refractivity contribution in [3.8, 4) is 0 Å². The summed E-state index contributed by atoms with van der Waals surface area (Å²) < 4.78 is 0. The van der Waals surface area contributed by atoms with Crippen molar-refractivity contribution in [1.82, 2.24) is 0 Å². The second-order valence-corrected chi connectivity index (χ2v) is 46.4. The normalized spacial score (nSPS) is 38.5. The summed E-state index contributed by atoms with van der Waals surface area (Å²) in [6.45, 7) is 43.7. The molecule has 0 aromatic heterocycles. The van der Waals surface area contributed by atoms with Crippen molar-refractivity contribution in [1.29, 1.82) is 0 Å². The van der Waals surface area contributed by atoms with E-state index in [0.29, 0.717) is 0 Å². The Kier molecular flexibility index (Phi) is 33.0. The van der Waals surface area contributed by atoms with Crippen LogP contribution in [-0.2, 0) is 19.5 Å². The number of fused-ring (bicyclic) bond motifs is 4. The van der Waals surface area contributed by atoms with Crippen LogP contribution in [0.2, 0.25) is 63.4 Å². The minimum atomic E-state index is -0.794. The van der Waals surface area contributed by atoms with Crippen molar-refractivity contribution >= 4 is 56.6 Å². The summed E-state index contributed by atoms with van der Waals surface area (Å²) >= 11 is -2.84. The summed E-state index contributed by atoms with van der Waals surface area (Å²) in [5.41, 5.74) is 0. The summed E-state index contributed by atoms with van der Waals surface area (Å²) in [5.74, 6) is 25.1. The van der Waals surface area contributed by atoms with E-state index in [0.717, 1.165) is 142 Å². The standard InChI is InChI=1S/4C16H28.6C2H5.4Al.Zn/c4*1-5-11(3)14-7-8-15-13(6-2)9-12(4)16(15)10-14;6*1-2;;;;;/h4*11-16H,3-10H2,1-2H3;6*1H2,2H3;;;;;/q;;;-1;;;;;;-1;;;;;+2. The molecule has 24 atom stereocenters. The molecule has 5 heteroatoms. The summed E-state index contributed by atoms with van der Waals surface area (Å²) in [4.78, 5) is 0. The van der Waals surface area contributed by atoms with E-state index in [9.17, 15) is 0 Å². The van der Waals surface area contributed by atoms with Gasteiger partial charge < -0.3 is 13.8 Å². The molecule has 0 aliphatic heterocycles. The van der Waals surface area contributed by atoms with Gasteiger partial charge in [0.15, 0.2) is 0 Å². The Hall–Kier alpha value is 2.75. The van der Waals surface area contributed by atoms with E-state index < -0.39 is 56.6 Å². The van der Waals surface area contributed by atoms with Crippen molar-refractivity contribution in [2.75, 3.05) is 0 Å². The van der Waals surface area contributed by atoms with Crippen LogP contribution in [0.15, 0.2) is 0 Å². The molecule has 0 bridgehead atoms. The van der Waals surface area contributed by atoms with Gasteiger partial charge in [0.25, 0.3) is 56.6 Å². The average molecular weight is 1230 g/mol. The first-order valence-corrected chi connectivity index (χ1v) is 48.3. The molecule has 24 unspecified atom stereocenters. The van der Waals surface area contributed by atoms with Gasteiger partial charge >= 0.3 is 19.5 Å². The molecule has 0 aromatic rings. The van der Waals surface area contributed by atoms with Gasteiger partial charge in [-0.15, -0.1) is 0 Å². The molecule has 8 fully saturated rings. The topological polar surface area (TPSA) is 0 Å². The molecule has 0 radical (unpaired) electrons. The first-order valence-electron chi connectivity index (χ1n) is 38.5. The Morgan fingerprint density at radius 1 is 0.296 bits per heavy atom. The predicted octanol–water partition coefficient (Wildman–Crippen LogP) is 24.2. The first kappa shape index (κ1) is 72.8. The van der Waals surface area contributed by atoms with E-state index in [2.05, 4.69) is 96.9 Å². The molecular weight excluding hydrogens is 1090 g/mol. The Morgan fingerprint density at radius 3 is 0.802 bits per heavy atom. The molecule has 8 aliphatic rings. The number of hydrogen-bond donors (Lipinski definition) is 0. The molecule has 0 heterocycles. The van der Waals surface area contributed by atoms with Crippen molar-refractivity contribution in [2.24, 2.45) is 142 Å². The number of hydrogen-bond acceptors (Lipinski definition) is 0. The molecule has 0 nitrogen and oxygen atoms in total. The maximum absolute atomic E-state index is 4.79. The van der Waals surface area contributed by atoms with Gasteiger partial charge in [-0.05, 0) is 203 Å². The second-order valence-electron chi connectivity index (χ2n) is 32.1. The Morgan fingerprint density at radius 2 is 0.543 bits per heavy atom. The van der Waals surface area contributed by atoms with Crippen LogP contribution < -0.4 is 0 Å². The van der Waals surface area contributed by atoms with Crippen LogP contribution in [0.1, 0.15) is 251 Å². The van der Waals surface area contributed by atoms with Crippen LogP contribution in [0.5, 0.6) is 0 Å². The minimum Gasteiger partial charge on any atom is -0.346 e. The van der Waals surface area contributed by atoms with E-state index in [1.165, 1.54) is 68.4 Å². The third-order valence-corrected chi connectivity index (χ3v) is 44.1. The van der Waals surface area contributed by atoms with E-state index >= 15 is 0 Å². The molecule has 0 spiro atoms. The third-order valence-electron chi connectivity index (χ3n) is 29.4. The maximum atomic E-state index is 4.79. The molecule has 8 rings (SSSR count). The van der Waals surface area contributed by atoms with E-state index in [4.69, 9.17) is 6.92 Å². The molecule has 8 saturated carbocycles. The monoisotopic (exact) mass is 1230 g/mol. The summed E-state index contributed by atoms with van der Waals surface area (Å²) in [7, 11) is 0. The van der Waals surface area contributed by atoms with E-state index in [1.54, 1.807) is 156 Å². The van der Waals surface area contributed by atoms with Gasteiger partial charge in [-0.3, -0.25) is 0 Å². The number of rotatable bonds is 31. The molecule has 0 saturated heterocycles. The Balaban J connectivity index is 0.00000348. The van der Waals surface area contributed by atoms with Crippen molar-refractivity contribution in [2.45, 2.75) is 314 Å². The van der Waals surface area contributed by atoms with Crippen LogP contribution in [0.3, 0.4) is 0 Å². The van der Waals surface area contributed by atoms with Gasteiger partial charge in [0.1, 0.15) is 0 Å². The van der Waals surface area contributed by atoms with Crippen molar-refractivity contribution in [3.63, 3.8) is 0 Å². The zero-order valence-corrected chi connectivity index (χ0v) is 65.3. The third kappa shape index (κ3) is 18.1. The van der Waals surface area contributed by atoms with Crippen molar-refractivity contribution < 1.29 is 19.5 Å². The molecule has 0 amide bonds. The van der Waals surface area contributed by atoms with Gasteiger partial charge in [-0.25, -0.2) is 0 Å².